The first-order valence-electron chi connectivity index (χ1n) is 6.02. The maximum atomic E-state index is 5.63. The van der Waals surface area contributed by atoms with Gasteiger partial charge in [-0.15, -0.1) is 0 Å². The molecule has 0 radical (unpaired) electrons. The molecule has 1 aliphatic rings. The second-order valence-electron chi connectivity index (χ2n) is 4.14. The van der Waals surface area contributed by atoms with Gasteiger partial charge in [0.05, 0.1) is 12.7 Å². The summed E-state index contributed by atoms with van der Waals surface area (Å²) in [6.07, 6.45) is 1.34. The number of anilines is 1. The fraction of sp³-hybridized carbons (Fsp3) is 0.462. The Bertz CT molecular complexity index is 369. The van der Waals surface area contributed by atoms with E-state index in [1.165, 1.54) is 0 Å². The van der Waals surface area contributed by atoms with Gasteiger partial charge < -0.3 is 15.0 Å². The van der Waals surface area contributed by atoms with E-state index in [4.69, 9.17) is 17.0 Å². The van der Waals surface area contributed by atoms with Crippen LogP contribution in [0.15, 0.2) is 30.3 Å². The molecular formula is C13H18N2OS. The molecule has 0 amide bonds. The lowest BCUT2D eigenvalue weighted by Gasteiger charge is -2.34. The second-order valence-corrected chi connectivity index (χ2v) is 4.53. The standard InChI is InChI=1S/C13H18N2OS/c1-2-12-10-15(8-9-16-12)13(17)14-11-6-4-3-5-7-11/h3-7,12H,2,8-10H2,1H3,(H,14,17). The van der Waals surface area contributed by atoms with Crippen molar-refractivity contribution in [2.24, 2.45) is 0 Å². The smallest absolute Gasteiger partial charge is 0.173 e. The minimum Gasteiger partial charge on any atom is -0.375 e. The molecule has 1 unspecified atom stereocenters. The second kappa shape index (κ2) is 5.98. The number of nitrogens with zero attached hydrogens (tertiary/aromatic N) is 1. The molecule has 1 fully saturated rings. The minimum atomic E-state index is 0.305. The van der Waals surface area contributed by atoms with Crippen LogP contribution < -0.4 is 5.32 Å². The molecule has 0 spiro atoms. The van der Waals surface area contributed by atoms with E-state index in [1.54, 1.807) is 0 Å². The van der Waals surface area contributed by atoms with E-state index in [1.807, 2.05) is 30.3 Å². The first-order chi connectivity index (χ1) is 8.29. The van der Waals surface area contributed by atoms with Crippen LogP contribution in [-0.2, 0) is 4.74 Å². The summed E-state index contributed by atoms with van der Waals surface area (Å²) in [4.78, 5) is 2.18. The van der Waals surface area contributed by atoms with Gasteiger partial charge in [0.25, 0.3) is 0 Å². The zero-order valence-corrected chi connectivity index (χ0v) is 10.9. The van der Waals surface area contributed by atoms with Crippen LogP contribution in [0.1, 0.15) is 13.3 Å². The summed E-state index contributed by atoms with van der Waals surface area (Å²) in [7, 11) is 0. The lowest BCUT2D eigenvalue weighted by molar-refractivity contribution is -0.00626. The number of hydrogen-bond acceptors (Lipinski definition) is 2. The fourth-order valence-corrected chi connectivity index (χ4v) is 2.16. The van der Waals surface area contributed by atoms with E-state index in [0.717, 1.165) is 36.9 Å². The molecule has 1 aromatic rings. The normalized spacial score (nSPS) is 20.1. The van der Waals surface area contributed by atoms with E-state index in [2.05, 4.69) is 17.1 Å². The zero-order valence-electron chi connectivity index (χ0n) is 10.1. The maximum Gasteiger partial charge on any atom is 0.173 e. The van der Waals surface area contributed by atoms with Crippen molar-refractivity contribution < 1.29 is 4.74 Å². The molecule has 0 aromatic heterocycles. The summed E-state index contributed by atoms with van der Waals surface area (Å²) in [6.45, 7) is 4.65. The van der Waals surface area contributed by atoms with Gasteiger partial charge in [-0.05, 0) is 30.8 Å². The zero-order chi connectivity index (χ0) is 12.1. The number of benzene rings is 1. The van der Waals surface area contributed by atoms with Gasteiger partial charge in [0.1, 0.15) is 0 Å². The van der Waals surface area contributed by atoms with Crippen LogP contribution in [0.5, 0.6) is 0 Å². The van der Waals surface area contributed by atoms with E-state index in [0.29, 0.717) is 6.10 Å². The molecule has 0 bridgehead atoms. The molecule has 2 rings (SSSR count). The van der Waals surface area contributed by atoms with Crippen LogP contribution in [-0.4, -0.2) is 35.8 Å². The third-order valence-electron chi connectivity index (χ3n) is 2.91. The highest BCUT2D eigenvalue weighted by Gasteiger charge is 2.20. The molecule has 1 heterocycles. The molecule has 1 aliphatic heterocycles. The summed E-state index contributed by atoms with van der Waals surface area (Å²) in [5, 5.41) is 4.05. The van der Waals surface area contributed by atoms with Crippen molar-refractivity contribution in [1.82, 2.24) is 4.90 Å². The molecule has 1 saturated heterocycles. The molecule has 1 aromatic carbocycles. The number of thiocarbonyl (C=S) groups is 1. The highest BCUT2D eigenvalue weighted by atomic mass is 32.1. The Kier molecular flexibility index (Phi) is 4.34. The highest BCUT2D eigenvalue weighted by Crippen LogP contribution is 2.11. The van der Waals surface area contributed by atoms with Crippen molar-refractivity contribution in [1.29, 1.82) is 0 Å². The topological polar surface area (TPSA) is 24.5 Å². The van der Waals surface area contributed by atoms with Crippen LogP contribution in [0.25, 0.3) is 0 Å². The average molecular weight is 250 g/mol. The quantitative estimate of drug-likeness (QED) is 0.815. The Hall–Kier alpha value is -1.13. The Labute approximate surface area is 108 Å². The Balaban J connectivity index is 1.91. The number of morpholine rings is 1. The summed E-state index contributed by atoms with van der Waals surface area (Å²) in [5.74, 6) is 0. The Morgan fingerprint density at radius 2 is 2.24 bits per heavy atom. The third-order valence-corrected chi connectivity index (χ3v) is 3.27. The van der Waals surface area contributed by atoms with E-state index >= 15 is 0 Å². The Morgan fingerprint density at radius 3 is 2.94 bits per heavy atom. The van der Waals surface area contributed by atoms with Crippen LogP contribution in [0.2, 0.25) is 0 Å². The monoisotopic (exact) mass is 250 g/mol. The van der Waals surface area contributed by atoms with Gasteiger partial charge in [-0.25, -0.2) is 0 Å². The number of rotatable bonds is 2. The lowest BCUT2D eigenvalue weighted by atomic mass is 10.2. The number of ether oxygens (including phenoxy) is 1. The highest BCUT2D eigenvalue weighted by molar-refractivity contribution is 7.80. The van der Waals surface area contributed by atoms with Crippen LogP contribution in [0, 0.1) is 0 Å². The van der Waals surface area contributed by atoms with E-state index in [9.17, 15) is 0 Å². The van der Waals surface area contributed by atoms with Crippen molar-refractivity contribution in [2.75, 3.05) is 25.0 Å². The predicted molar refractivity (Wildman–Crippen MR) is 74.3 cm³/mol. The molecule has 1 N–H and O–H groups in total. The number of para-hydroxylation sites is 1. The summed E-state index contributed by atoms with van der Waals surface area (Å²) >= 11 is 5.42. The van der Waals surface area contributed by atoms with E-state index in [-0.39, 0.29) is 0 Å². The fourth-order valence-electron chi connectivity index (χ4n) is 1.87. The lowest BCUT2D eigenvalue weighted by Crippen LogP contribution is -2.47. The van der Waals surface area contributed by atoms with Gasteiger partial charge in [-0.2, -0.15) is 0 Å². The minimum absolute atomic E-state index is 0.305. The van der Waals surface area contributed by atoms with Gasteiger partial charge in [0.15, 0.2) is 5.11 Å². The van der Waals surface area contributed by atoms with Crippen molar-refractivity contribution in [3.8, 4) is 0 Å². The molecule has 92 valence electrons. The molecule has 4 heteroatoms. The Morgan fingerprint density at radius 1 is 1.47 bits per heavy atom. The molecule has 1 atom stereocenters. The van der Waals surface area contributed by atoms with Gasteiger partial charge in [-0.3, -0.25) is 0 Å². The SMILES string of the molecule is CCC1CN(C(=S)Nc2ccccc2)CCO1. The number of hydrogen-bond donors (Lipinski definition) is 1. The first-order valence-corrected chi connectivity index (χ1v) is 6.43. The van der Waals surface area contributed by atoms with Crippen molar-refractivity contribution in [3.05, 3.63) is 30.3 Å². The molecule has 0 saturated carbocycles. The predicted octanol–water partition coefficient (Wildman–Crippen LogP) is 2.49. The maximum absolute atomic E-state index is 5.63. The van der Waals surface area contributed by atoms with Gasteiger partial charge >= 0.3 is 0 Å². The van der Waals surface area contributed by atoms with Crippen LogP contribution >= 0.6 is 12.2 Å². The number of nitrogens with one attached hydrogen (secondary N) is 1. The molecular weight excluding hydrogens is 232 g/mol. The summed E-state index contributed by atoms with van der Waals surface area (Å²) in [5.41, 5.74) is 1.04. The molecule has 17 heavy (non-hydrogen) atoms. The van der Waals surface area contributed by atoms with Crippen molar-refractivity contribution >= 4 is 23.0 Å². The summed E-state index contributed by atoms with van der Waals surface area (Å²) in [6, 6.07) is 10.0. The average Bonchev–Trinajstić information content (AvgIpc) is 2.40. The van der Waals surface area contributed by atoms with Gasteiger partial charge in [0.2, 0.25) is 0 Å². The van der Waals surface area contributed by atoms with Crippen molar-refractivity contribution in [3.63, 3.8) is 0 Å². The first kappa shape index (κ1) is 12.3. The van der Waals surface area contributed by atoms with Crippen molar-refractivity contribution in [2.45, 2.75) is 19.4 Å². The van der Waals surface area contributed by atoms with Crippen LogP contribution in [0.3, 0.4) is 0 Å². The molecule has 0 aliphatic carbocycles. The molecule has 3 nitrogen and oxygen atoms in total. The van der Waals surface area contributed by atoms with Crippen LogP contribution in [0.4, 0.5) is 5.69 Å². The van der Waals surface area contributed by atoms with E-state index < -0.39 is 0 Å². The largest absolute Gasteiger partial charge is 0.375 e. The third kappa shape index (κ3) is 3.41. The van der Waals surface area contributed by atoms with Gasteiger partial charge in [0, 0.05) is 18.8 Å². The van der Waals surface area contributed by atoms with Gasteiger partial charge in [-0.1, -0.05) is 25.1 Å². The summed E-state index contributed by atoms with van der Waals surface area (Å²) < 4.78 is 5.63.